The van der Waals surface area contributed by atoms with Gasteiger partial charge in [0, 0.05) is 11.9 Å². The van der Waals surface area contributed by atoms with Gasteiger partial charge >= 0.3 is 6.18 Å². The SMILES string of the molecule is O=C(NCCCCc1n[nH]c2cc(C(F)(F)F)ccc12)c1ccccc1O. The fourth-order valence-electron chi connectivity index (χ4n) is 2.82. The third kappa shape index (κ3) is 4.39. The number of nitrogens with one attached hydrogen (secondary N) is 2. The number of amides is 1. The second-order valence-corrected chi connectivity index (χ2v) is 6.16. The van der Waals surface area contributed by atoms with Crippen molar-refractivity contribution in [2.24, 2.45) is 0 Å². The van der Waals surface area contributed by atoms with Gasteiger partial charge in [-0.05, 0) is 43.5 Å². The molecule has 1 heterocycles. The molecular weight excluding hydrogens is 359 g/mol. The maximum absolute atomic E-state index is 12.7. The molecule has 8 heteroatoms. The molecule has 0 spiro atoms. The number of fused-ring (bicyclic) bond motifs is 1. The lowest BCUT2D eigenvalue weighted by Crippen LogP contribution is -2.24. The summed E-state index contributed by atoms with van der Waals surface area (Å²) in [5.74, 6) is -0.422. The van der Waals surface area contributed by atoms with Crippen LogP contribution in [0.4, 0.5) is 13.2 Å². The Balaban J connectivity index is 1.51. The minimum absolute atomic E-state index is 0.0729. The number of aromatic amines is 1. The number of aryl methyl sites for hydroxylation is 1. The Kier molecular flexibility index (Phi) is 5.34. The zero-order valence-corrected chi connectivity index (χ0v) is 14.3. The highest BCUT2D eigenvalue weighted by Gasteiger charge is 2.30. The number of hydrogen-bond donors (Lipinski definition) is 3. The van der Waals surface area contributed by atoms with Crippen LogP contribution in [0.5, 0.6) is 5.75 Å². The number of hydrogen-bond acceptors (Lipinski definition) is 3. The first-order valence-electron chi connectivity index (χ1n) is 8.46. The van der Waals surface area contributed by atoms with Crippen LogP contribution >= 0.6 is 0 Å². The molecule has 0 fully saturated rings. The minimum atomic E-state index is -4.38. The number of H-pyrrole nitrogens is 1. The molecule has 0 aliphatic rings. The Hall–Kier alpha value is -3.03. The minimum Gasteiger partial charge on any atom is -0.507 e. The van der Waals surface area contributed by atoms with Gasteiger partial charge in [-0.1, -0.05) is 18.2 Å². The van der Waals surface area contributed by atoms with E-state index in [1.807, 2.05) is 0 Å². The number of phenolic OH excluding ortho intramolecular Hbond substituents is 1. The lowest BCUT2D eigenvalue weighted by Gasteiger charge is -2.07. The molecule has 0 saturated heterocycles. The summed E-state index contributed by atoms with van der Waals surface area (Å²) in [6.45, 7) is 0.424. The van der Waals surface area contributed by atoms with Crippen LogP contribution in [0.1, 0.15) is 34.5 Å². The van der Waals surface area contributed by atoms with E-state index in [1.165, 1.54) is 18.2 Å². The van der Waals surface area contributed by atoms with Crippen molar-refractivity contribution in [1.82, 2.24) is 15.5 Å². The summed E-state index contributed by atoms with van der Waals surface area (Å²) < 4.78 is 38.2. The number of halogens is 3. The molecule has 1 amide bonds. The zero-order valence-electron chi connectivity index (χ0n) is 14.3. The zero-order chi connectivity index (χ0) is 19.4. The highest BCUT2D eigenvalue weighted by atomic mass is 19.4. The molecule has 0 saturated carbocycles. The Bertz CT molecular complexity index is 951. The summed E-state index contributed by atoms with van der Waals surface area (Å²) >= 11 is 0. The normalized spacial score (nSPS) is 11.7. The number of unbranched alkanes of at least 4 members (excludes halogenated alkanes) is 1. The molecular formula is C19H18F3N3O2. The van der Waals surface area contributed by atoms with Crippen molar-refractivity contribution in [2.45, 2.75) is 25.4 Å². The molecule has 0 bridgehead atoms. The van der Waals surface area contributed by atoms with Crippen LogP contribution < -0.4 is 5.32 Å². The second-order valence-electron chi connectivity index (χ2n) is 6.16. The summed E-state index contributed by atoms with van der Waals surface area (Å²) in [7, 11) is 0. The first-order chi connectivity index (χ1) is 12.9. The van der Waals surface area contributed by atoms with Crippen LogP contribution in [0, 0.1) is 0 Å². The van der Waals surface area contributed by atoms with Gasteiger partial charge < -0.3 is 10.4 Å². The van der Waals surface area contributed by atoms with Crippen molar-refractivity contribution in [3.05, 3.63) is 59.3 Å². The number of carbonyl (C=O) groups excluding carboxylic acids is 1. The average Bonchev–Trinajstić information content (AvgIpc) is 3.03. The van der Waals surface area contributed by atoms with E-state index in [0.29, 0.717) is 42.4 Å². The number of alkyl halides is 3. The van der Waals surface area contributed by atoms with Crippen LogP contribution in [0.25, 0.3) is 10.9 Å². The van der Waals surface area contributed by atoms with Crippen LogP contribution in [0.2, 0.25) is 0 Å². The Morgan fingerprint density at radius 1 is 1.15 bits per heavy atom. The molecule has 3 aromatic rings. The molecule has 0 unspecified atom stereocenters. The Labute approximate surface area is 153 Å². The van der Waals surface area contributed by atoms with Crippen LogP contribution in [0.15, 0.2) is 42.5 Å². The van der Waals surface area contributed by atoms with E-state index in [9.17, 15) is 23.1 Å². The Morgan fingerprint density at radius 3 is 2.67 bits per heavy atom. The van der Waals surface area contributed by atoms with E-state index in [2.05, 4.69) is 15.5 Å². The summed E-state index contributed by atoms with van der Waals surface area (Å²) in [5, 5.41) is 19.8. The molecule has 3 rings (SSSR count). The van der Waals surface area contributed by atoms with Crippen LogP contribution in [-0.2, 0) is 12.6 Å². The molecule has 0 aliphatic heterocycles. The quantitative estimate of drug-likeness (QED) is 0.568. The van der Waals surface area contributed by atoms with Gasteiger partial charge in [0.2, 0.25) is 0 Å². The van der Waals surface area contributed by atoms with Crippen molar-refractivity contribution < 1.29 is 23.1 Å². The summed E-state index contributed by atoms with van der Waals surface area (Å²) in [6, 6.07) is 9.82. The monoisotopic (exact) mass is 377 g/mol. The topological polar surface area (TPSA) is 78.0 Å². The first kappa shape index (κ1) is 18.8. The van der Waals surface area contributed by atoms with Gasteiger partial charge in [-0.25, -0.2) is 0 Å². The van der Waals surface area contributed by atoms with E-state index in [4.69, 9.17) is 0 Å². The van der Waals surface area contributed by atoms with E-state index in [0.717, 1.165) is 12.1 Å². The largest absolute Gasteiger partial charge is 0.507 e. The highest BCUT2D eigenvalue weighted by molar-refractivity contribution is 5.96. The molecule has 3 N–H and O–H groups in total. The number of aromatic nitrogens is 2. The van der Waals surface area contributed by atoms with Gasteiger partial charge in [-0.15, -0.1) is 0 Å². The van der Waals surface area contributed by atoms with Gasteiger partial charge in [0.05, 0.1) is 22.3 Å². The molecule has 0 aliphatic carbocycles. The second kappa shape index (κ2) is 7.69. The third-order valence-electron chi connectivity index (χ3n) is 4.24. The molecule has 27 heavy (non-hydrogen) atoms. The van der Waals surface area contributed by atoms with Crippen molar-refractivity contribution in [2.75, 3.05) is 6.54 Å². The summed E-state index contributed by atoms with van der Waals surface area (Å²) in [6.07, 6.45) is -2.42. The van der Waals surface area contributed by atoms with Crippen molar-refractivity contribution in [3.8, 4) is 5.75 Å². The number of rotatable bonds is 6. The van der Waals surface area contributed by atoms with Crippen molar-refractivity contribution in [1.29, 1.82) is 0 Å². The number of phenols is 1. The maximum Gasteiger partial charge on any atom is 0.416 e. The lowest BCUT2D eigenvalue weighted by atomic mass is 10.1. The fourth-order valence-corrected chi connectivity index (χ4v) is 2.82. The molecule has 0 atom stereocenters. The average molecular weight is 377 g/mol. The van der Waals surface area contributed by atoms with Gasteiger partial charge in [-0.2, -0.15) is 18.3 Å². The van der Waals surface area contributed by atoms with Crippen LogP contribution in [0.3, 0.4) is 0 Å². The molecule has 1 aromatic heterocycles. The maximum atomic E-state index is 12.7. The number of carbonyl (C=O) groups is 1. The molecule has 5 nitrogen and oxygen atoms in total. The van der Waals surface area contributed by atoms with Gasteiger partial charge in [0.25, 0.3) is 5.91 Å². The van der Waals surface area contributed by atoms with E-state index in [1.54, 1.807) is 12.1 Å². The van der Waals surface area contributed by atoms with Crippen molar-refractivity contribution >= 4 is 16.8 Å². The predicted molar refractivity (Wildman–Crippen MR) is 94.5 cm³/mol. The van der Waals surface area contributed by atoms with E-state index >= 15 is 0 Å². The van der Waals surface area contributed by atoms with Crippen molar-refractivity contribution in [3.63, 3.8) is 0 Å². The number of benzene rings is 2. The Morgan fingerprint density at radius 2 is 1.93 bits per heavy atom. The predicted octanol–water partition coefficient (Wildman–Crippen LogP) is 4.04. The van der Waals surface area contributed by atoms with Gasteiger partial charge in [0.15, 0.2) is 0 Å². The van der Waals surface area contributed by atoms with E-state index in [-0.39, 0.29) is 17.2 Å². The molecule has 2 aromatic carbocycles. The van der Waals surface area contributed by atoms with E-state index < -0.39 is 11.7 Å². The summed E-state index contributed by atoms with van der Waals surface area (Å²) in [5.41, 5.74) is 0.562. The number of nitrogens with zero attached hydrogens (tertiary/aromatic N) is 1. The standard InChI is InChI=1S/C19H18F3N3O2/c20-19(21,22)12-8-9-13-15(24-25-16(13)11-12)6-3-4-10-23-18(27)14-5-1-2-7-17(14)26/h1-2,5,7-9,11,26H,3-4,6,10H2,(H,23,27)(H,24,25). The van der Waals surface area contributed by atoms with Crippen LogP contribution in [-0.4, -0.2) is 27.8 Å². The third-order valence-corrected chi connectivity index (χ3v) is 4.24. The number of para-hydroxylation sites is 1. The number of aromatic hydroxyl groups is 1. The summed E-state index contributed by atoms with van der Waals surface area (Å²) in [4.78, 5) is 12.0. The molecule has 0 radical (unpaired) electrons. The highest BCUT2D eigenvalue weighted by Crippen LogP contribution is 2.31. The smallest absolute Gasteiger partial charge is 0.416 e. The van der Waals surface area contributed by atoms with Gasteiger partial charge in [-0.3, -0.25) is 9.89 Å². The van der Waals surface area contributed by atoms with Gasteiger partial charge in [0.1, 0.15) is 5.75 Å². The molecule has 142 valence electrons. The fraction of sp³-hybridized carbons (Fsp3) is 0.263. The lowest BCUT2D eigenvalue weighted by molar-refractivity contribution is -0.137. The first-order valence-corrected chi connectivity index (χ1v) is 8.46.